The highest BCUT2D eigenvalue weighted by molar-refractivity contribution is 7.14. The van der Waals surface area contributed by atoms with Gasteiger partial charge in [-0.25, -0.2) is 0 Å². The molecule has 0 saturated carbocycles. The number of amides is 1. The second kappa shape index (κ2) is 9.78. The highest BCUT2D eigenvalue weighted by Crippen LogP contribution is 2.22. The van der Waals surface area contributed by atoms with Crippen LogP contribution in [0.15, 0.2) is 22.5 Å². The van der Waals surface area contributed by atoms with E-state index in [0.29, 0.717) is 39.3 Å². The van der Waals surface area contributed by atoms with Crippen LogP contribution in [-0.4, -0.2) is 87.2 Å². The van der Waals surface area contributed by atoms with Crippen molar-refractivity contribution in [2.75, 3.05) is 70.5 Å². The van der Waals surface area contributed by atoms with E-state index in [1.807, 2.05) is 4.90 Å². The van der Waals surface area contributed by atoms with E-state index in [1.165, 1.54) is 5.00 Å². The second-order valence-electron chi connectivity index (χ2n) is 6.40. The zero-order valence-electron chi connectivity index (χ0n) is 15.5. The van der Waals surface area contributed by atoms with Crippen molar-refractivity contribution in [2.45, 2.75) is 13.3 Å². The van der Waals surface area contributed by atoms with Crippen LogP contribution >= 0.6 is 11.3 Å². The summed E-state index contributed by atoms with van der Waals surface area (Å²) in [5, 5.41) is 6.83. The number of morpholine rings is 1. The maximum absolute atomic E-state index is 12.2. The van der Waals surface area contributed by atoms with Gasteiger partial charge in [0.25, 0.3) is 0 Å². The summed E-state index contributed by atoms with van der Waals surface area (Å²) in [6, 6.07) is 4.28. The summed E-state index contributed by atoms with van der Waals surface area (Å²) in [6.07, 6.45) is 0.462. The fourth-order valence-corrected chi connectivity index (χ4v) is 4.03. The van der Waals surface area contributed by atoms with E-state index < -0.39 is 0 Å². The fourth-order valence-electron chi connectivity index (χ4n) is 3.24. The second-order valence-corrected chi connectivity index (χ2v) is 7.33. The first kappa shape index (κ1) is 19.0. The standard InChI is InChI=1S/C18H29N5O2S/c1-2-19-18(20-6-5-16(24)21-11-13-25-14-12-21)23-9-7-22(8-10-23)17-4-3-15-26-17/h3-4,15H,2,5-14H2,1H3,(H,19,20). The van der Waals surface area contributed by atoms with Gasteiger partial charge in [-0.15, -0.1) is 11.3 Å². The van der Waals surface area contributed by atoms with Gasteiger partial charge in [-0.1, -0.05) is 0 Å². The Kier molecular flexibility index (Phi) is 7.13. The van der Waals surface area contributed by atoms with Crippen molar-refractivity contribution in [3.63, 3.8) is 0 Å². The van der Waals surface area contributed by atoms with E-state index in [1.54, 1.807) is 11.3 Å². The molecule has 0 radical (unpaired) electrons. The number of carbonyl (C=O) groups excluding carboxylic acids is 1. The summed E-state index contributed by atoms with van der Waals surface area (Å²) < 4.78 is 5.30. The minimum absolute atomic E-state index is 0.176. The Labute approximate surface area is 159 Å². The van der Waals surface area contributed by atoms with Crippen molar-refractivity contribution in [3.05, 3.63) is 17.5 Å². The van der Waals surface area contributed by atoms with Gasteiger partial charge in [0.15, 0.2) is 5.96 Å². The predicted molar refractivity (Wildman–Crippen MR) is 106 cm³/mol. The number of hydrogen-bond donors (Lipinski definition) is 1. The van der Waals surface area contributed by atoms with Crippen molar-refractivity contribution in [2.24, 2.45) is 4.99 Å². The number of thiophene rings is 1. The van der Waals surface area contributed by atoms with Crippen molar-refractivity contribution in [1.29, 1.82) is 0 Å². The summed E-state index contributed by atoms with van der Waals surface area (Å²) in [5.74, 6) is 1.10. The van der Waals surface area contributed by atoms with Crippen LogP contribution in [-0.2, 0) is 9.53 Å². The number of nitrogens with one attached hydrogen (secondary N) is 1. The van der Waals surface area contributed by atoms with Crippen LogP contribution in [0.2, 0.25) is 0 Å². The van der Waals surface area contributed by atoms with Crippen LogP contribution in [0.3, 0.4) is 0 Å². The van der Waals surface area contributed by atoms with Crippen molar-refractivity contribution in [1.82, 2.24) is 15.1 Å². The number of rotatable bonds is 5. The number of guanidine groups is 1. The molecule has 0 aromatic carbocycles. The molecular weight excluding hydrogens is 350 g/mol. The van der Waals surface area contributed by atoms with Gasteiger partial charge in [-0.3, -0.25) is 9.79 Å². The van der Waals surface area contributed by atoms with Gasteiger partial charge in [-0.05, 0) is 24.4 Å². The highest BCUT2D eigenvalue weighted by atomic mass is 32.1. The van der Waals surface area contributed by atoms with E-state index in [-0.39, 0.29) is 5.91 Å². The summed E-state index contributed by atoms with van der Waals surface area (Å²) in [4.78, 5) is 23.5. The average molecular weight is 380 g/mol. The van der Waals surface area contributed by atoms with Crippen LogP contribution in [0.4, 0.5) is 5.00 Å². The molecule has 3 rings (SSSR count). The quantitative estimate of drug-likeness (QED) is 0.613. The van der Waals surface area contributed by atoms with Crippen LogP contribution < -0.4 is 10.2 Å². The number of nitrogens with zero attached hydrogens (tertiary/aromatic N) is 4. The molecule has 1 amide bonds. The minimum atomic E-state index is 0.176. The Balaban J connectivity index is 1.48. The number of carbonyl (C=O) groups is 1. The average Bonchev–Trinajstić information content (AvgIpc) is 3.23. The van der Waals surface area contributed by atoms with Gasteiger partial charge in [0.2, 0.25) is 5.91 Å². The van der Waals surface area contributed by atoms with Gasteiger partial charge in [0.1, 0.15) is 0 Å². The molecule has 144 valence electrons. The van der Waals surface area contributed by atoms with Crippen LogP contribution in [0.1, 0.15) is 13.3 Å². The van der Waals surface area contributed by atoms with Gasteiger partial charge in [0.05, 0.1) is 24.8 Å². The lowest BCUT2D eigenvalue weighted by molar-refractivity contribution is -0.135. The Hall–Kier alpha value is -1.80. The molecule has 26 heavy (non-hydrogen) atoms. The van der Waals surface area contributed by atoms with Gasteiger partial charge in [0, 0.05) is 52.2 Å². The lowest BCUT2D eigenvalue weighted by atomic mass is 10.3. The Morgan fingerprint density at radius 2 is 1.96 bits per heavy atom. The molecule has 7 nitrogen and oxygen atoms in total. The zero-order chi connectivity index (χ0) is 18.2. The molecule has 0 atom stereocenters. The summed E-state index contributed by atoms with van der Waals surface area (Å²) in [5.41, 5.74) is 0. The zero-order valence-corrected chi connectivity index (χ0v) is 16.3. The van der Waals surface area contributed by atoms with E-state index in [2.05, 4.69) is 39.6 Å². The van der Waals surface area contributed by atoms with Crippen LogP contribution in [0.25, 0.3) is 0 Å². The third-order valence-corrected chi connectivity index (χ3v) is 5.61. The van der Waals surface area contributed by atoms with Gasteiger partial charge >= 0.3 is 0 Å². The molecule has 0 aliphatic carbocycles. The lowest BCUT2D eigenvalue weighted by Crippen LogP contribution is -2.52. The minimum Gasteiger partial charge on any atom is -0.378 e. The molecule has 2 aliphatic heterocycles. The monoisotopic (exact) mass is 379 g/mol. The molecule has 2 fully saturated rings. The van der Waals surface area contributed by atoms with E-state index in [9.17, 15) is 4.79 Å². The van der Waals surface area contributed by atoms with Crippen molar-refractivity contribution < 1.29 is 9.53 Å². The third kappa shape index (κ3) is 5.11. The van der Waals surface area contributed by atoms with Gasteiger partial charge < -0.3 is 24.8 Å². The third-order valence-electron chi connectivity index (χ3n) is 4.68. The molecule has 0 bridgehead atoms. The lowest BCUT2D eigenvalue weighted by Gasteiger charge is -2.37. The molecule has 1 aromatic heterocycles. The van der Waals surface area contributed by atoms with E-state index in [0.717, 1.165) is 38.7 Å². The largest absolute Gasteiger partial charge is 0.378 e. The summed E-state index contributed by atoms with van der Waals surface area (Å²) in [7, 11) is 0. The Morgan fingerprint density at radius 1 is 1.19 bits per heavy atom. The van der Waals surface area contributed by atoms with E-state index >= 15 is 0 Å². The number of anilines is 1. The molecule has 0 unspecified atom stereocenters. The molecule has 1 aromatic rings. The number of aliphatic imine (C=N–C) groups is 1. The maximum Gasteiger partial charge on any atom is 0.224 e. The van der Waals surface area contributed by atoms with Crippen LogP contribution in [0, 0.1) is 0 Å². The number of hydrogen-bond acceptors (Lipinski definition) is 5. The normalized spacial score (nSPS) is 19.0. The number of piperazine rings is 1. The fraction of sp³-hybridized carbons (Fsp3) is 0.667. The smallest absolute Gasteiger partial charge is 0.224 e. The highest BCUT2D eigenvalue weighted by Gasteiger charge is 2.21. The van der Waals surface area contributed by atoms with Gasteiger partial charge in [-0.2, -0.15) is 0 Å². The topological polar surface area (TPSA) is 60.4 Å². The first-order valence-corrected chi connectivity index (χ1v) is 10.3. The Bertz CT molecular complexity index is 578. The van der Waals surface area contributed by atoms with Crippen molar-refractivity contribution >= 4 is 28.2 Å². The predicted octanol–water partition coefficient (Wildman–Crippen LogP) is 1.08. The van der Waals surface area contributed by atoms with E-state index in [4.69, 9.17) is 9.73 Å². The summed E-state index contributed by atoms with van der Waals surface area (Å²) in [6.45, 7) is 10.0. The molecular formula is C18H29N5O2S. The molecule has 1 N–H and O–H groups in total. The molecule has 8 heteroatoms. The Morgan fingerprint density at radius 3 is 2.62 bits per heavy atom. The number of ether oxygens (including phenoxy) is 1. The van der Waals surface area contributed by atoms with Crippen molar-refractivity contribution in [3.8, 4) is 0 Å². The molecule has 2 saturated heterocycles. The molecule has 0 spiro atoms. The maximum atomic E-state index is 12.2. The summed E-state index contributed by atoms with van der Waals surface area (Å²) >= 11 is 1.79. The first-order chi connectivity index (χ1) is 12.8. The van der Waals surface area contributed by atoms with Crippen LogP contribution in [0.5, 0.6) is 0 Å². The molecule has 3 heterocycles. The first-order valence-electron chi connectivity index (χ1n) is 9.45. The SMILES string of the molecule is CCNC(=NCCC(=O)N1CCOCC1)N1CCN(c2cccs2)CC1. The molecule has 2 aliphatic rings.